The SMILES string of the molecule is CCc1cc(C2NNC(C(F)(F)F)C2c2csc(C)n2)c(O)cc1OCc1ccccc1Cl. The van der Waals surface area contributed by atoms with Crippen LogP contribution in [0, 0.1) is 6.92 Å². The summed E-state index contributed by atoms with van der Waals surface area (Å²) in [6.07, 6.45) is -3.93. The van der Waals surface area contributed by atoms with Gasteiger partial charge in [0.2, 0.25) is 0 Å². The first-order valence-corrected chi connectivity index (χ1v) is 11.7. The number of aromatic nitrogens is 1. The third-order valence-corrected chi connectivity index (χ3v) is 6.87. The molecule has 1 aromatic heterocycles. The average molecular weight is 498 g/mol. The maximum absolute atomic E-state index is 13.8. The highest BCUT2D eigenvalue weighted by Crippen LogP contribution is 2.46. The van der Waals surface area contributed by atoms with Crippen molar-refractivity contribution in [1.29, 1.82) is 0 Å². The number of alkyl halides is 3. The summed E-state index contributed by atoms with van der Waals surface area (Å²) in [4.78, 5) is 4.31. The lowest BCUT2D eigenvalue weighted by Gasteiger charge is -2.24. The Morgan fingerprint density at radius 1 is 1.18 bits per heavy atom. The van der Waals surface area contributed by atoms with Crippen molar-refractivity contribution in [1.82, 2.24) is 15.8 Å². The highest BCUT2D eigenvalue weighted by molar-refractivity contribution is 7.09. The Balaban J connectivity index is 1.67. The number of phenols is 1. The van der Waals surface area contributed by atoms with Crippen LogP contribution in [0.4, 0.5) is 13.2 Å². The molecule has 33 heavy (non-hydrogen) atoms. The number of halogens is 4. The summed E-state index contributed by atoms with van der Waals surface area (Å²) in [7, 11) is 0. The van der Waals surface area contributed by atoms with Crippen LogP contribution in [-0.4, -0.2) is 22.3 Å². The molecule has 4 rings (SSSR count). The van der Waals surface area contributed by atoms with Gasteiger partial charge in [0.25, 0.3) is 0 Å². The van der Waals surface area contributed by atoms with Crippen LogP contribution >= 0.6 is 22.9 Å². The number of aromatic hydroxyl groups is 1. The van der Waals surface area contributed by atoms with Gasteiger partial charge in [0.1, 0.15) is 24.1 Å². The molecule has 3 N–H and O–H groups in total. The monoisotopic (exact) mass is 497 g/mol. The van der Waals surface area contributed by atoms with E-state index in [1.54, 1.807) is 24.4 Å². The number of hydrogen-bond acceptors (Lipinski definition) is 6. The number of nitrogens with one attached hydrogen (secondary N) is 2. The van der Waals surface area contributed by atoms with Crippen LogP contribution in [0.1, 0.15) is 46.3 Å². The average Bonchev–Trinajstić information content (AvgIpc) is 3.39. The van der Waals surface area contributed by atoms with Gasteiger partial charge in [-0.05, 0) is 31.0 Å². The van der Waals surface area contributed by atoms with Crippen molar-refractivity contribution in [2.45, 2.75) is 51.1 Å². The highest BCUT2D eigenvalue weighted by Gasteiger charge is 2.53. The molecular formula is C23H23ClF3N3O2S. The van der Waals surface area contributed by atoms with Crippen LogP contribution in [0.15, 0.2) is 41.8 Å². The number of hydrazine groups is 1. The quantitative estimate of drug-likeness (QED) is 0.401. The molecule has 0 amide bonds. The van der Waals surface area contributed by atoms with Gasteiger partial charge in [-0.2, -0.15) is 13.2 Å². The summed E-state index contributed by atoms with van der Waals surface area (Å²) >= 11 is 7.49. The zero-order valence-electron chi connectivity index (χ0n) is 17.9. The number of nitrogens with zero attached hydrogens (tertiary/aromatic N) is 1. The first kappa shape index (κ1) is 23.8. The third-order valence-electron chi connectivity index (χ3n) is 5.71. The van der Waals surface area contributed by atoms with E-state index in [0.29, 0.717) is 33.5 Å². The second kappa shape index (κ2) is 9.50. The Labute approximate surface area is 198 Å². The molecular weight excluding hydrogens is 475 g/mol. The smallest absolute Gasteiger partial charge is 0.405 e. The highest BCUT2D eigenvalue weighted by atomic mass is 35.5. The molecule has 0 bridgehead atoms. The second-order valence-electron chi connectivity index (χ2n) is 7.86. The summed E-state index contributed by atoms with van der Waals surface area (Å²) in [6, 6.07) is 7.75. The fourth-order valence-corrected chi connectivity index (χ4v) is 4.90. The molecule has 0 aliphatic carbocycles. The predicted molar refractivity (Wildman–Crippen MR) is 122 cm³/mol. The van der Waals surface area contributed by atoms with Crippen molar-refractivity contribution in [2.75, 3.05) is 0 Å². The van der Waals surface area contributed by atoms with Gasteiger partial charge < -0.3 is 9.84 Å². The zero-order chi connectivity index (χ0) is 23.8. The predicted octanol–water partition coefficient (Wildman–Crippen LogP) is 5.82. The van der Waals surface area contributed by atoms with E-state index in [-0.39, 0.29) is 12.4 Å². The maximum Gasteiger partial charge on any atom is 0.405 e. The van der Waals surface area contributed by atoms with Crippen LogP contribution in [0.3, 0.4) is 0 Å². The second-order valence-corrected chi connectivity index (χ2v) is 9.32. The van der Waals surface area contributed by atoms with E-state index in [9.17, 15) is 18.3 Å². The van der Waals surface area contributed by atoms with E-state index < -0.39 is 24.2 Å². The van der Waals surface area contributed by atoms with E-state index in [1.807, 2.05) is 25.1 Å². The molecule has 2 aromatic carbocycles. The van der Waals surface area contributed by atoms with Crippen molar-refractivity contribution in [3.8, 4) is 11.5 Å². The van der Waals surface area contributed by atoms with E-state index in [0.717, 1.165) is 11.1 Å². The van der Waals surface area contributed by atoms with Gasteiger partial charge in [-0.15, -0.1) is 11.3 Å². The molecule has 0 spiro atoms. The molecule has 3 unspecified atom stereocenters. The summed E-state index contributed by atoms with van der Waals surface area (Å²) in [5.74, 6) is -0.737. The van der Waals surface area contributed by atoms with Gasteiger partial charge in [0, 0.05) is 33.5 Å². The standard InChI is InChI=1S/C23H23ClF3N3O2S/c1-3-13-8-15(18(31)9-19(13)32-10-14-6-4-5-7-16(14)24)21-20(17-11-33-12(2)28-17)22(30-29-21)23(25,26)27/h4-9,11,20-22,29-31H,3,10H2,1-2H3. The Hall–Kier alpha value is -2.33. The lowest BCUT2D eigenvalue weighted by Crippen LogP contribution is -2.43. The van der Waals surface area contributed by atoms with Gasteiger partial charge in [-0.25, -0.2) is 15.8 Å². The Bertz CT molecular complexity index is 1140. The van der Waals surface area contributed by atoms with Crippen molar-refractivity contribution >= 4 is 22.9 Å². The first-order valence-electron chi connectivity index (χ1n) is 10.4. The molecule has 1 fully saturated rings. The van der Waals surface area contributed by atoms with Gasteiger partial charge in [0.15, 0.2) is 0 Å². The first-order chi connectivity index (χ1) is 15.7. The van der Waals surface area contributed by atoms with E-state index >= 15 is 0 Å². The van der Waals surface area contributed by atoms with E-state index in [4.69, 9.17) is 16.3 Å². The van der Waals surface area contributed by atoms with Crippen molar-refractivity contribution in [3.05, 3.63) is 74.2 Å². The van der Waals surface area contributed by atoms with E-state index in [1.165, 1.54) is 17.4 Å². The molecule has 10 heteroatoms. The molecule has 176 valence electrons. The molecule has 2 heterocycles. The molecule has 1 aliphatic heterocycles. The summed E-state index contributed by atoms with van der Waals surface area (Å²) in [5, 5.41) is 13.7. The minimum absolute atomic E-state index is 0.152. The fraction of sp³-hybridized carbons (Fsp3) is 0.348. The number of hydrogen-bond donors (Lipinski definition) is 3. The van der Waals surface area contributed by atoms with Crippen LogP contribution in [0.25, 0.3) is 0 Å². The summed E-state index contributed by atoms with van der Waals surface area (Å²) < 4.78 is 47.2. The Morgan fingerprint density at radius 2 is 1.94 bits per heavy atom. The lowest BCUT2D eigenvalue weighted by atomic mass is 9.85. The summed E-state index contributed by atoms with van der Waals surface area (Å²) in [5.41, 5.74) is 7.35. The zero-order valence-corrected chi connectivity index (χ0v) is 19.5. The largest absolute Gasteiger partial charge is 0.507 e. The third kappa shape index (κ3) is 4.96. The molecule has 0 saturated carbocycles. The number of rotatable bonds is 6. The summed E-state index contributed by atoms with van der Waals surface area (Å²) in [6.45, 7) is 3.86. The van der Waals surface area contributed by atoms with Crippen molar-refractivity contribution in [2.24, 2.45) is 0 Å². The molecule has 3 atom stereocenters. The molecule has 5 nitrogen and oxygen atoms in total. The molecule has 1 aliphatic rings. The normalized spacial score (nSPS) is 20.8. The van der Waals surface area contributed by atoms with Crippen molar-refractivity contribution < 1.29 is 23.0 Å². The maximum atomic E-state index is 13.8. The minimum atomic E-state index is -4.49. The number of phenolic OH excluding ortho intramolecular Hbond substituents is 1. The van der Waals surface area contributed by atoms with E-state index in [2.05, 4.69) is 15.8 Å². The number of aryl methyl sites for hydroxylation is 2. The Kier molecular flexibility index (Phi) is 6.86. The molecule has 0 radical (unpaired) electrons. The van der Waals surface area contributed by atoms with Gasteiger partial charge in [-0.1, -0.05) is 36.7 Å². The fourth-order valence-electron chi connectivity index (χ4n) is 4.05. The lowest BCUT2D eigenvalue weighted by molar-refractivity contribution is -0.156. The van der Waals surface area contributed by atoms with Gasteiger partial charge in [-0.3, -0.25) is 0 Å². The van der Waals surface area contributed by atoms with Crippen LogP contribution in [0.5, 0.6) is 11.5 Å². The van der Waals surface area contributed by atoms with Crippen LogP contribution in [0.2, 0.25) is 5.02 Å². The number of ether oxygens (including phenoxy) is 1. The van der Waals surface area contributed by atoms with Crippen molar-refractivity contribution in [3.63, 3.8) is 0 Å². The minimum Gasteiger partial charge on any atom is -0.507 e. The van der Waals surface area contributed by atoms with Crippen LogP contribution in [-0.2, 0) is 13.0 Å². The van der Waals surface area contributed by atoms with Crippen LogP contribution < -0.4 is 15.6 Å². The topological polar surface area (TPSA) is 66.4 Å². The molecule has 3 aromatic rings. The molecule has 1 saturated heterocycles. The Morgan fingerprint density at radius 3 is 2.58 bits per heavy atom. The van der Waals surface area contributed by atoms with Gasteiger partial charge in [0.05, 0.1) is 16.7 Å². The number of thiazole rings is 1. The number of benzene rings is 2. The van der Waals surface area contributed by atoms with Gasteiger partial charge >= 0.3 is 6.18 Å².